The van der Waals surface area contributed by atoms with Crippen molar-refractivity contribution in [2.45, 2.75) is 6.42 Å². The van der Waals surface area contributed by atoms with Crippen molar-refractivity contribution in [2.75, 3.05) is 23.8 Å². The lowest BCUT2D eigenvalue weighted by molar-refractivity contribution is -0.121. The van der Waals surface area contributed by atoms with Crippen LogP contribution >= 0.6 is 0 Å². The molecule has 2 aromatic rings. The number of aromatic nitrogens is 1. The first-order valence-corrected chi connectivity index (χ1v) is 6.46. The fraction of sp³-hybridized carbons (Fsp3) is 0.200. The van der Waals surface area contributed by atoms with Gasteiger partial charge in [0.15, 0.2) is 6.61 Å². The van der Waals surface area contributed by atoms with E-state index in [9.17, 15) is 4.79 Å². The van der Waals surface area contributed by atoms with Crippen LogP contribution in [0.25, 0.3) is 0 Å². The number of amides is 1. The number of nitrogens with two attached hydrogens (primary N) is 1. The Morgan fingerprint density at radius 1 is 1.30 bits per heavy atom. The Bertz CT molecular complexity index is 628. The van der Waals surface area contributed by atoms with E-state index >= 15 is 0 Å². The van der Waals surface area contributed by atoms with Crippen LogP contribution in [0.5, 0.6) is 5.75 Å². The predicted molar refractivity (Wildman–Crippen MR) is 76.6 cm³/mol. The van der Waals surface area contributed by atoms with Gasteiger partial charge in [0.05, 0.1) is 5.69 Å². The van der Waals surface area contributed by atoms with Gasteiger partial charge in [-0.2, -0.15) is 0 Å². The zero-order chi connectivity index (χ0) is 13.9. The molecule has 20 heavy (non-hydrogen) atoms. The molecule has 5 heteroatoms. The van der Waals surface area contributed by atoms with Crippen LogP contribution in [0.15, 0.2) is 42.6 Å². The number of hydrogen-bond acceptors (Lipinski definition) is 4. The van der Waals surface area contributed by atoms with Crippen LogP contribution in [-0.2, 0) is 11.2 Å². The van der Waals surface area contributed by atoms with E-state index in [1.165, 1.54) is 0 Å². The third kappa shape index (κ3) is 2.42. The van der Waals surface area contributed by atoms with Gasteiger partial charge in [0.25, 0.3) is 5.91 Å². The Kier molecular flexibility index (Phi) is 3.25. The number of rotatable bonds is 3. The van der Waals surface area contributed by atoms with E-state index in [1.807, 2.05) is 18.2 Å². The fourth-order valence-corrected chi connectivity index (χ4v) is 2.24. The van der Waals surface area contributed by atoms with Crippen molar-refractivity contribution in [3.05, 3.63) is 48.3 Å². The molecule has 0 aliphatic carbocycles. The molecule has 0 spiro atoms. The van der Waals surface area contributed by atoms with Gasteiger partial charge < -0.3 is 15.4 Å². The van der Waals surface area contributed by atoms with Crippen molar-refractivity contribution < 1.29 is 9.53 Å². The number of hydrogen-bond donors (Lipinski definition) is 1. The Morgan fingerprint density at radius 2 is 2.20 bits per heavy atom. The molecule has 0 saturated heterocycles. The zero-order valence-corrected chi connectivity index (χ0v) is 11.0. The number of benzene rings is 1. The summed E-state index contributed by atoms with van der Waals surface area (Å²) in [5.74, 6) is 0.638. The van der Waals surface area contributed by atoms with Gasteiger partial charge in [-0.1, -0.05) is 6.07 Å². The number of nitrogen functional groups attached to an aromatic ring is 1. The van der Waals surface area contributed by atoms with Gasteiger partial charge >= 0.3 is 0 Å². The van der Waals surface area contributed by atoms with Gasteiger partial charge in [-0.15, -0.1) is 0 Å². The first-order chi connectivity index (χ1) is 9.74. The molecule has 3 rings (SSSR count). The number of nitrogens with zero attached hydrogens (tertiary/aromatic N) is 2. The van der Waals surface area contributed by atoms with Gasteiger partial charge in [0, 0.05) is 30.5 Å². The zero-order valence-electron chi connectivity index (χ0n) is 11.0. The lowest BCUT2D eigenvalue weighted by atomic mass is 10.2. The van der Waals surface area contributed by atoms with Crippen LogP contribution in [0, 0.1) is 0 Å². The minimum Gasteiger partial charge on any atom is -0.482 e. The van der Waals surface area contributed by atoms with Crippen molar-refractivity contribution in [3.63, 3.8) is 0 Å². The standard InChI is InChI=1S/C15H15N3O2/c16-11-4-5-14-13(9-11)18(15(19)10-20-14)8-6-12-3-1-2-7-17-12/h1-5,7,9H,6,8,10,16H2. The monoisotopic (exact) mass is 269 g/mol. The number of fused-ring (bicyclic) bond motifs is 1. The van der Waals surface area contributed by atoms with Crippen molar-refractivity contribution in [2.24, 2.45) is 0 Å². The number of ether oxygens (including phenoxy) is 1. The van der Waals surface area contributed by atoms with E-state index in [0.29, 0.717) is 24.4 Å². The minimum absolute atomic E-state index is 0.0565. The third-order valence-electron chi connectivity index (χ3n) is 3.24. The topological polar surface area (TPSA) is 68.5 Å². The van der Waals surface area contributed by atoms with Crippen LogP contribution in [0.3, 0.4) is 0 Å². The van der Waals surface area contributed by atoms with Crippen molar-refractivity contribution >= 4 is 17.3 Å². The summed E-state index contributed by atoms with van der Waals surface area (Å²) >= 11 is 0. The van der Waals surface area contributed by atoms with Crippen LogP contribution in [0.2, 0.25) is 0 Å². The fourth-order valence-electron chi connectivity index (χ4n) is 2.24. The highest BCUT2D eigenvalue weighted by Crippen LogP contribution is 2.33. The number of pyridine rings is 1. The van der Waals surface area contributed by atoms with E-state index in [-0.39, 0.29) is 12.5 Å². The van der Waals surface area contributed by atoms with Crippen LogP contribution in [0.1, 0.15) is 5.69 Å². The summed E-state index contributed by atoms with van der Waals surface area (Å²) in [7, 11) is 0. The van der Waals surface area contributed by atoms with E-state index < -0.39 is 0 Å². The summed E-state index contributed by atoms with van der Waals surface area (Å²) in [6, 6.07) is 11.1. The molecule has 1 aliphatic rings. The van der Waals surface area contributed by atoms with E-state index in [1.54, 1.807) is 29.3 Å². The van der Waals surface area contributed by atoms with E-state index in [4.69, 9.17) is 10.5 Å². The Balaban J connectivity index is 1.82. The second-order valence-corrected chi connectivity index (χ2v) is 4.63. The molecule has 5 nitrogen and oxygen atoms in total. The molecule has 1 aromatic heterocycles. The molecule has 102 valence electrons. The summed E-state index contributed by atoms with van der Waals surface area (Å²) in [5, 5.41) is 0. The summed E-state index contributed by atoms with van der Waals surface area (Å²) in [4.78, 5) is 18.0. The summed E-state index contributed by atoms with van der Waals surface area (Å²) < 4.78 is 5.41. The molecule has 1 amide bonds. The third-order valence-corrected chi connectivity index (χ3v) is 3.24. The molecular weight excluding hydrogens is 254 g/mol. The number of carbonyl (C=O) groups excluding carboxylic acids is 1. The molecule has 0 unspecified atom stereocenters. The molecule has 0 fully saturated rings. The van der Waals surface area contributed by atoms with Gasteiger partial charge in [-0.25, -0.2) is 0 Å². The maximum absolute atomic E-state index is 12.0. The lowest BCUT2D eigenvalue weighted by Crippen LogP contribution is -2.40. The van der Waals surface area contributed by atoms with Gasteiger partial charge in [-0.3, -0.25) is 9.78 Å². The highest BCUT2D eigenvalue weighted by Gasteiger charge is 2.25. The molecular formula is C15H15N3O2. The molecule has 2 N–H and O–H groups in total. The maximum atomic E-state index is 12.0. The van der Waals surface area contributed by atoms with Crippen molar-refractivity contribution in [1.29, 1.82) is 0 Å². The normalized spacial score (nSPS) is 13.8. The largest absolute Gasteiger partial charge is 0.482 e. The Morgan fingerprint density at radius 3 is 3.00 bits per heavy atom. The molecule has 0 radical (unpaired) electrons. The lowest BCUT2D eigenvalue weighted by Gasteiger charge is -2.29. The molecule has 0 atom stereocenters. The molecule has 1 aromatic carbocycles. The van der Waals surface area contributed by atoms with E-state index in [0.717, 1.165) is 11.4 Å². The van der Waals surface area contributed by atoms with Crippen molar-refractivity contribution in [3.8, 4) is 5.75 Å². The highest BCUT2D eigenvalue weighted by atomic mass is 16.5. The van der Waals surface area contributed by atoms with Crippen LogP contribution in [0.4, 0.5) is 11.4 Å². The second kappa shape index (κ2) is 5.21. The first-order valence-electron chi connectivity index (χ1n) is 6.46. The van der Waals surface area contributed by atoms with Gasteiger partial charge in [-0.05, 0) is 30.3 Å². The SMILES string of the molecule is Nc1ccc2c(c1)N(CCc1ccccn1)C(=O)CO2. The van der Waals surface area contributed by atoms with Crippen molar-refractivity contribution in [1.82, 2.24) is 4.98 Å². The van der Waals surface area contributed by atoms with Crippen LogP contribution < -0.4 is 15.4 Å². The quantitative estimate of drug-likeness (QED) is 0.860. The van der Waals surface area contributed by atoms with Gasteiger partial charge in [0.1, 0.15) is 5.75 Å². The smallest absolute Gasteiger partial charge is 0.265 e. The summed E-state index contributed by atoms with van der Waals surface area (Å²) in [6.07, 6.45) is 2.45. The average Bonchev–Trinajstić information content (AvgIpc) is 2.47. The Labute approximate surface area is 117 Å². The molecule has 1 aliphatic heterocycles. The first kappa shape index (κ1) is 12.5. The van der Waals surface area contributed by atoms with E-state index in [2.05, 4.69) is 4.98 Å². The Hall–Kier alpha value is -2.56. The summed E-state index contributed by atoms with van der Waals surface area (Å²) in [5.41, 5.74) is 8.10. The van der Waals surface area contributed by atoms with Gasteiger partial charge in [0.2, 0.25) is 0 Å². The minimum atomic E-state index is -0.0565. The summed E-state index contributed by atoms with van der Waals surface area (Å²) in [6.45, 7) is 0.634. The predicted octanol–water partition coefficient (Wildman–Crippen LogP) is 1.63. The maximum Gasteiger partial charge on any atom is 0.265 e. The number of anilines is 2. The molecule has 0 bridgehead atoms. The second-order valence-electron chi connectivity index (χ2n) is 4.63. The average molecular weight is 269 g/mol. The number of carbonyl (C=O) groups is 1. The highest BCUT2D eigenvalue weighted by molar-refractivity contribution is 5.98. The molecule has 2 heterocycles. The molecule has 0 saturated carbocycles. The van der Waals surface area contributed by atoms with Crippen LogP contribution in [-0.4, -0.2) is 24.0 Å².